The molecule has 0 amide bonds. The Labute approximate surface area is 69.0 Å². The summed E-state index contributed by atoms with van der Waals surface area (Å²) in [7, 11) is 0. The van der Waals surface area contributed by atoms with Gasteiger partial charge in [0.25, 0.3) is 0 Å². The SMILES string of the molecule is Cc1c(F)ccc2c1=NCOC=2. The highest BCUT2D eigenvalue weighted by molar-refractivity contribution is 5.24. The molecule has 3 heteroatoms. The third kappa shape index (κ3) is 0.978. The van der Waals surface area contributed by atoms with E-state index >= 15 is 0 Å². The molecule has 0 saturated heterocycles. The Morgan fingerprint density at radius 3 is 3.17 bits per heavy atom. The van der Waals surface area contributed by atoms with Crippen LogP contribution in [0.5, 0.6) is 0 Å². The van der Waals surface area contributed by atoms with Crippen molar-refractivity contribution in [2.24, 2.45) is 4.99 Å². The molecule has 0 radical (unpaired) electrons. The van der Waals surface area contributed by atoms with Gasteiger partial charge in [-0.05, 0) is 19.1 Å². The molecule has 0 bridgehead atoms. The molecule has 2 nitrogen and oxygen atoms in total. The third-order valence-corrected chi connectivity index (χ3v) is 1.90. The fourth-order valence-electron chi connectivity index (χ4n) is 1.23. The minimum absolute atomic E-state index is 0.215. The zero-order valence-corrected chi connectivity index (χ0v) is 6.67. The van der Waals surface area contributed by atoms with Crippen molar-refractivity contribution in [3.8, 4) is 0 Å². The first-order chi connectivity index (χ1) is 5.79. The van der Waals surface area contributed by atoms with Crippen molar-refractivity contribution >= 4 is 6.26 Å². The van der Waals surface area contributed by atoms with Crippen LogP contribution in [0.3, 0.4) is 0 Å². The summed E-state index contributed by atoms with van der Waals surface area (Å²) in [6.45, 7) is 2.01. The summed E-state index contributed by atoms with van der Waals surface area (Å²) in [5.41, 5.74) is 0.590. The molecule has 0 unspecified atom stereocenters. The molecule has 0 spiro atoms. The maximum atomic E-state index is 13.0. The first-order valence-electron chi connectivity index (χ1n) is 3.70. The standard InChI is InChI=1S/C9H8FNO/c1-6-8(10)3-2-7-4-12-5-11-9(6)7/h2-4H,5H2,1H3. The lowest BCUT2D eigenvalue weighted by atomic mass is 10.2. The number of halogens is 1. The van der Waals surface area contributed by atoms with Crippen molar-refractivity contribution in [1.29, 1.82) is 0 Å². The van der Waals surface area contributed by atoms with Gasteiger partial charge >= 0.3 is 0 Å². The van der Waals surface area contributed by atoms with E-state index in [9.17, 15) is 4.39 Å². The molecule has 0 aliphatic carbocycles. The van der Waals surface area contributed by atoms with Gasteiger partial charge in [0.1, 0.15) is 5.82 Å². The summed E-state index contributed by atoms with van der Waals surface area (Å²) in [6, 6.07) is 3.09. The lowest BCUT2D eigenvalue weighted by molar-refractivity contribution is 0.295. The predicted octanol–water partition coefficient (Wildman–Crippen LogP) is 0.479. The lowest BCUT2D eigenvalue weighted by Gasteiger charge is -2.04. The van der Waals surface area contributed by atoms with Gasteiger partial charge in [0.05, 0.1) is 11.6 Å². The zero-order valence-electron chi connectivity index (χ0n) is 6.67. The molecule has 1 aliphatic rings. The number of benzene rings is 1. The average molecular weight is 165 g/mol. The van der Waals surface area contributed by atoms with Crippen molar-refractivity contribution < 1.29 is 9.13 Å². The lowest BCUT2D eigenvalue weighted by Crippen LogP contribution is -2.32. The van der Waals surface area contributed by atoms with Gasteiger partial charge in [0, 0.05) is 10.8 Å². The minimum Gasteiger partial charge on any atom is -0.478 e. The first-order valence-corrected chi connectivity index (χ1v) is 3.70. The van der Waals surface area contributed by atoms with Gasteiger partial charge in [0.15, 0.2) is 6.73 Å². The van der Waals surface area contributed by atoms with E-state index in [-0.39, 0.29) is 12.5 Å². The van der Waals surface area contributed by atoms with Crippen molar-refractivity contribution in [3.63, 3.8) is 0 Å². The van der Waals surface area contributed by atoms with Gasteiger partial charge in [-0.25, -0.2) is 9.38 Å². The van der Waals surface area contributed by atoms with Gasteiger partial charge in [0.2, 0.25) is 0 Å². The van der Waals surface area contributed by atoms with Crippen LogP contribution >= 0.6 is 0 Å². The summed E-state index contributed by atoms with van der Waals surface area (Å²) in [6.07, 6.45) is 1.61. The molecule has 2 rings (SSSR count). The van der Waals surface area contributed by atoms with E-state index in [1.807, 2.05) is 0 Å². The average Bonchev–Trinajstić information content (AvgIpc) is 2.12. The zero-order chi connectivity index (χ0) is 8.55. The molecule has 1 aliphatic heterocycles. The Hall–Kier alpha value is -1.38. The normalized spacial score (nSPS) is 13.8. The Bertz CT molecular complexity index is 425. The Balaban J connectivity index is 2.88. The number of fused-ring (bicyclic) bond motifs is 1. The summed E-state index contributed by atoms with van der Waals surface area (Å²) in [4.78, 5) is 4.06. The molecule has 0 fully saturated rings. The molecule has 0 aromatic heterocycles. The molecule has 1 heterocycles. The van der Waals surface area contributed by atoms with Gasteiger partial charge in [-0.15, -0.1) is 0 Å². The summed E-state index contributed by atoms with van der Waals surface area (Å²) in [5.74, 6) is -0.215. The fraction of sp³-hybridized carbons (Fsp3) is 0.222. The number of ether oxygens (including phenoxy) is 1. The number of hydrogen-bond acceptors (Lipinski definition) is 2. The topological polar surface area (TPSA) is 21.6 Å². The largest absolute Gasteiger partial charge is 0.478 e. The number of hydrogen-bond donors (Lipinski definition) is 0. The second kappa shape index (κ2) is 2.59. The van der Waals surface area contributed by atoms with Crippen molar-refractivity contribution in [2.45, 2.75) is 6.92 Å². The van der Waals surface area contributed by atoms with E-state index in [2.05, 4.69) is 4.99 Å². The van der Waals surface area contributed by atoms with Gasteiger partial charge < -0.3 is 4.74 Å². The smallest absolute Gasteiger partial charge is 0.178 e. The summed E-state index contributed by atoms with van der Waals surface area (Å²) < 4.78 is 18.0. The van der Waals surface area contributed by atoms with E-state index in [1.165, 1.54) is 6.07 Å². The van der Waals surface area contributed by atoms with Crippen LogP contribution in [0.1, 0.15) is 5.56 Å². The monoisotopic (exact) mass is 165 g/mol. The highest BCUT2D eigenvalue weighted by atomic mass is 19.1. The molecule has 62 valence electrons. The first kappa shape index (κ1) is 7.28. The molecular weight excluding hydrogens is 157 g/mol. The van der Waals surface area contributed by atoms with E-state index < -0.39 is 0 Å². The number of rotatable bonds is 0. The minimum atomic E-state index is -0.215. The summed E-state index contributed by atoms with van der Waals surface area (Å²) in [5, 5.41) is 1.56. The van der Waals surface area contributed by atoms with Crippen LogP contribution in [0, 0.1) is 12.7 Å². The highest BCUT2D eigenvalue weighted by Crippen LogP contribution is 1.97. The fourth-order valence-corrected chi connectivity index (χ4v) is 1.23. The van der Waals surface area contributed by atoms with E-state index in [4.69, 9.17) is 4.74 Å². The van der Waals surface area contributed by atoms with Crippen molar-refractivity contribution in [3.05, 3.63) is 34.1 Å². The van der Waals surface area contributed by atoms with Gasteiger partial charge in [-0.3, -0.25) is 0 Å². The Morgan fingerprint density at radius 2 is 2.33 bits per heavy atom. The third-order valence-electron chi connectivity index (χ3n) is 1.90. The molecule has 0 N–H and O–H groups in total. The molecule has 0 saturated carbocycles. The Kier molecular flexibility index (Phi) is 1.57. The van der Waals surface area contributed by atoms with Crippen molar-refractivity contribution in [1.82, 2.24) is 0 Å². The van der Waals surface area contributed by atoms with Crippen molar-refractivity contribution in [2.75, 3.05) is 6.73 Å². The maximum absolute atomic E-state index is 13.0. The van der Waals surface area contributed by atoms with Gasteiger partial charge in [-0.1, -0.05) is 0 Å². The molecule has 1 aromatic carbocycles. The molecular formula is C9H8FNO. The summed E-state index contributed by atoms with van der Waals surface area (Å²) >= 11 is 0. The highest BCUT2D eigenvalue weighted by Gasteiger charge is 2.02. The predicted molar refractivity (Wildman–Crippen MR) is 42.3 cm³/mol. The van der Waals surface area contributed by atoms with E-state index in [0.717, 1.165) is 5.22 Å². The van der Waals surface area contributed by atoms with Crippen LogP contribution in [-0.4, -0.2) is 6.73 Å². The van der Waals surface area contributed by atoms with Crippen LogP contribution in [0.25, 0.3) is 6.26 Å². The van der Waals surface area contributed by atoms with Crippen LogP contribution in [-0.2, 0) is 4.74 Å². The maximum Gasteiger partial charge on any atom is 0.178 e. The second-order valence-electron chi connectivity index (χ2n) is 2.68. The van der Waals surface area contributed by atoms with E-state index in [1.54, 1.807) is 19.3 Å². The van der Waals surface area contributed by atoms with Crippen LogP contribution in [0.4, 0.5) is 4.39 Å². The van der Waals surface area contributed by atoms with Crippen LogP contribution < -0.4 is 10.6 Å². The van der Waals surface area contributed by atoms with Gasteiger partial charge in [-0.2, -0.15) is 0 Å². The molecule has 12 heavy (non-hydrogen) atoms. The Morgan fingerprint density at radius 1 is 1.50 bits per heavy atom. The quantitative estimate of drug-likeness (QED) is 0.548. The molecule has 0 atom stereocenters. The van der Waals surface area contributed by atoms with Crippen LogP contribution in [0.2, 0.25) is 0 Å². The van der Waals surface area contributed by atoms with E-state index in [0.29, 0.717) is 10.9 Å². The molecule has 1 aromatic rings. The number of nitrogens with zero attached hydrogens (tertiary/aromatic N) is 1. The van der Waals surface area contributed by atoms with Crippen LogP contribution in [0.15, 0.2) is 17.1 Å². The second-order valence-corrected chi connectivity index (χ2v) is 2.68.